The molecule has 26 heavy (non-hydrogen) atoms. The minimum atomic E-state index is -3.38. The fourth-order valence-corrected chi connectivity index (χ4v) is 5.32. The Hall–Kier alpha value is -1.48. The molecule has 1 aromatic rings. The Kier molecular flexibility index (Phi) is 6.29. The number of anilines is 1. The highest BCUT2D eigenvalue weighted by atomic mass is 32.2. The van der Waals surface area contributed by atoms with E-state index in [-0.39, 0.29) is 12.5 Å². The van der Waals surface area contributed by atoms with E-state index < -0.39 is 10.2 Å². The molecule has 0 radical (unpaired) electrons. The van der Waals surface area contributed by atoms with Crippen LogP contribution in [-0.2, 0) is 15.0 Å². The van der Waals surface area contributed by atoms with Gasteiger partial charge < -0.3 is 5.32 Å². The second-order valence-corrected chi connectivity index (χ2v) is 9.13. The highest BCUT2D eigenvalue weighted by Gasteiger charge is 2.34. The first-order valence-electron chi connectivity index (χ1n) is 9.27. The van der Waals surface area contributed by atoms with Crippen molar-refractivity contribution in [3.8, 4) is 0 Å². The summed E-state index contributed by atoms with van der Waals surface area (Å²) in [5, 5.41) is 2.87. The van der Waals surface area contributed by atoms with Crippen molar-refractivity contribution < 1.29 is 13.2 Å². The number of para-hydroxylation sites is 1. The second-order valence-electron chi connectivity index (χ2n) is 7.20. The van der Waals surface area contributed by atoms with Crippen LogP contribution >= 0.6 is 0 Å². The monoisotopic (exact) mass is 380 g/mol. The molecule has 3 rings (SSSR count). The summed E-state index contributed by atoms with van der Waals surface area (Å²) in [7, 11) is -3.38. The van der Waals surface area contributed by atoms with Crippen molar-refractivity contribution in [1.82, 2.24) is 13.5 Å². The predicted octanol–water partition coefficient (Wildman–Crippen LogP) is 1.22. The Labute approximate surface area is 156 Å². The summed E-state index contributed by atoms with van der Waals surface area (Å²) in [4.78, 5) is 14.2. The summed E-state index contributed by atoms with van der Waals surface area (Å²) < 4.78 is 28.8. The van der Waals surface area contributed by atoms with Gasteiger partial charge in [0.15, 0.2) is 0 Å². The first-order chi connectivity index (χ1) is 12.4. The zero-order chi connectivity index (χ0) is 18.6. The number of rotatable bonds is 5. The number of benzene rings is 1. The number of hydrogen-bond acceptors (Lipinski definition) is 4. The Balaban J connectivity index is 1.48. The SMILES string of the molecule is CC1CCCN(S(=O)(=O)N2CCN(CC(=O)Nc3ccccc3)CC2)C1. The highest BCUT2D eigenvalue weighted by molar-refractivity contribution is 7.86. The molecule has 1 aromatic carbocycles. The average Bonchev–Trinajstić information content (AvgIpc) is 2.63. The van der Waals surface area contributed by atoms with Crippen molar-refractivity contribution in [3.63, 3.8) is 0 Å². The lowest BCUT2D eigenvalue weighted by atomic mass is 10.0. The van der Waals surface area contributed by atoms with E-state index in [2.05, 4.69) is 12.2 Å². The molecule has 2 aliphatic heterocycles. The zero-order valence-corrected chi connectivity index (χ0v) is 16.1. The van der Waals surface area contributed by atoms with E-state index in [4.69, 9.17) is 0 Å². The number of piperazine rings is 1. The number of carbonyl (C=O) groups excluding carboxylic acids is 1. The summed E-state index contributed by atoms with van der Waals surface area (Å²) in [6, 6.07) is 9.35. The van der Waals surface area contributed by atoms with Crippen LogP contribution in [0.2, 0.25) is 0 Å². The van der Waals surface area contributed by atoms with Gasteiger partial charge in [-0.05, 0) is 30.9 Å². The molecule has 0 aliphatic carbocycles. The van der Waals surface area contributed by atoms with Gasteiger partial charge in [0.2, 0.25) is 5.91 Å². The van der Waals surface area contributed by atoms with Crippen LogP contribution in [0.25, 0.3) is 0 Å². The number of hydrogen-bond donors (Lipinski definition) is 1. The van der Waals surface area contributed by atoms with Gasteiger partial charge in [-0.25, -0.2) is 0 Å². The largest absolute Gasteiger partial charge is 0.325 e. The molecule has 0 spiro atoms. The van der Waals surface area contributed by atoms with Gasteiger partial charge in [0.1, 0.15) is 0 Å². The van der Waals surface area contributed by atoms with Gasteiger partial charge in [0.05, 0.1) is 6.54 Å². The number of amides is 1. The summed E-state index contributed by atoms with van der Waals surface area (Å²) in [6.45, 7) is 5.64. The molecule has 2 fully saturated rings. The lowest BCUT2D eigenvalue weighted by Gasteiger charge is -2.38. The summed E-state index contributed by atoms with van der Waals surface area (Å²) in [6.07, 6.45) is 2.02. The van der Waals surface area contributed by atoms with Crippen LogP contribution in [0.5, 0.6) is 0 Å². The predicted molar refractivity (Wildman–Crippen MR) is 102 cm³/mol. The fourth-order valence-electron chi connectivity index (χ4n) is 3.56. The third-order valence-corrected chi connectivity index (χ3v) is 7.03. The minimum Gasteiger partial charge on any atom is -0.325 e. The van der Waals surface area contributed by atoms with Crippen molar-refractivity contribution in [2.24, 2.45) is 5.92 Å². The fraction of sp³-hybridized carbons (Fsp3) is 0.611. The van der Waals surface area contributed by atoms with Gasteiger partial charge in [-0.3, -0.25) is 9.69 Å². The van der Waals surface area contributed by atoms with Crippen LogP contribution in [0.4, 0.5) is 5.69 Å². The average molecular weight is 381 g/mol. The molecule has 1 N–H and O–H groups in total. The van der Waals surface area contributed by atoms with E-state index in [0.717, 1.165) is 18.5 Å². The minimum absolute atomic E-state index is 0.0719. The molecule has 1 unspecified atom stereocenters. The standard InChI is InChI=1S/C18H28N4O3S/c1-16-6-5-9-22(14-16)26(24,25)21-12-10-20(11-13-21)15-18(23)19-17-7-3-2-4-8-17/h2-4,7-8,16H,5-6,9-15H2,1H3,(H,19,23). The topological polar surface area (TPSA) is 73.0 Å². The van der Waals surface area contributed by atoms with E-state index in [9.17, 15) is 13.2 Å². The molecule has 144 valence electrons. The quantitative estimate of drug-likeness (QED) is 0.834. The van der Waals surface area contributed by atoms with Gasteiger partial charge in [-0.2, -0.15) is 17.0 Å². The number of piperidine rings is 1. The zero-order valence-electron chi connectivity index (χ0n) is 15.3. The Morgan fingerprint density at radius 2 is 1.77 bits per heavy atom. The van der Waals surface area contributed by atoms with Crippen molar-refractivity contribution in [2.45, 2.75) is 19.8 Å². The summed E-state index contributed by atoms with van der Waals surface area (Å²) in [5.74, 6) is 0.346. The molecule has 2 heterocycles. The van der Waals surface area contributed by atoms with Crippen molar-refractivity contribution >= 4 is 21.8 Å². The molecule has 0 bridgehead atoms. The molecule has 2 aliphatic rings. The van der Waals surface area contributed by atoms with Gasteiger partial charge in [-0.1, -0.05) is 25.1 Å². The van der Waals surface area contributed by atoms with Gasteiger partial charge in [0, 0.05) is 45.0 Å². The maximum absolute atomic E-state index is 12.8. The molecular formula is C18H28N4O3S. The van der Waals surface area contributed by atoms with Gasteiger partial charge in [0.25, 0.3) is 10.2 Å². The summed E-state index contributed by atoms with van der Waals surface area (Å²) >= 11 is 0. The van der Waals surface area contributed by atoms with E-state index >= 15 is 0 Å². The van der Waals surface area contributed by atoms with E-state index in [0.29, 0.717) is 45.2 Å². The Morgan fingerprint density at radius 3 is 2.42 bits per heavy atom. The molecule has 7 nitrogen and oxygen atoms in total. The maximum Gasteiger partial charge on any atom is 0.282 e. The van der Waals surface area contributed by atoms with E-state index in [1.165, 1.54) is 0 Å². The van der Waals surface area contributed by atoms with Crippen LogP contribution in [0.1, 0.15) is 19.8 Å². The van der Waals surface area contributed by atoms with E-state index in [1.807, 2.05) is 35.2 Å². The molecule has 0 aromatic heterocycles. The summed E-state index contributed by atoms with van der Waals surface area (Å²) in [5.41, 5.74) is 0.776. The normalized spacial score (nSPS) is 23.7. The molecule has 2 saturated heterocycles. The Bertz CT molecular complexity index is 702. The molecule has 1 amide bonds. The number of nitrogens with zero attached hydrogens (tertiary/aromatic N) is 3. The first-order valence-corrected chi connectivity index (χ1v) is 10.7. The van der Waals surface area contributed by atoms with Gasteiger partial charge in [-0.15, -0.1) is 0 Å². The van der Waals surface area contributed by atoms with Crippen LogP contribution in [-0.4, -0.2) is 73.6 Å². The van der Waals surface area contributed by atoms with Crippen LogP contribution in [0.3, 0.4) is 0 Å². The third-order valence-electron chi connectivity index (χ3n) is 5.03. The van der Waals surface area contributed by atoms with Crippen LogP contribution in [0.15, 0.2) is 30.3 Å². The Morgan fingerprint density at radius 1 is 1.08 bits per heavy atom. The first kappa shape index (κ1) is 19.3. The number of carbonyl (C=O) groups is 1. The van der Waals surface area contributed by atoms with Crippen molar-refractivity contribution in [2.75, 3.05) is 51.1 Å². The molecular weight excluding hydrogens is 352 g/mol. The third kappa shape index (κ3) is 4.82. The lowest BCUT2D eigenvalue weighted by Crippen LogP contribution is -2.55. The lowest BCUT2D eigenvalue weighted by molar-refractivity contribution is -0.117. The highest BCUT2D eigenvalue weighted by Crippen LogP contribution is 2.21. The van der Waals surface area contributed by atoms with E-state index in [1.54, 1.807) is 8.61 Å². The van der Waals surface area contributed by atoms with Crippen LogP contribution < -0.4 is 5.32 Å². The number of nitrogens with one attached hydrogen (secondary N) is 1. The smallest absolute Gasteiger partial charge is 0.282 e. The molecule has 8 heteroatoms. The van der Waals surface area contributed by atoms with Crippen molar-refractivity contribution in [3.05, 3.63) is 30.3 Å². The van der Waals surface area contributed by atoms with Gasteiger partial charge >= 0.3 is 0 Å². The maximum atomic E-state index is 12.8. The molecule has 0 saturated carbocycles. The molecule has 1 atom stereocenters. The van der Waals surface area contributed by atoms with Crippen molar-refractivity contribution in [1.29, 1.82) is 0 Å². The second kappa shape index (κ2) is 8.47. The van der Waals surface area contributed by atoms with Crippen LogP contribution in [0, 0.1) is 5.92 Å².